The zero-order chi connectivity index (χ0) is 18.5. The van der Waals surface area contributed by atoms with Crippen molar-refractivity contribution in [2.75, 3.05) is 0 Å². The summed E-state index contributed by atoms with van der Waals surface area (Å²) in [6.45, 7) is -0.0576. The number of benzene rings is 2. The standard InChI is InChI=1S/C20H15FN2O3/c21-16-11-9-15(10-12-16)13-23-19(25)17(18(24)22-20(23)26)8-4-7-14-5-2-1-3-6-14/h1-12H,13H2,(H,22,24,26). The Morgan fingerprint density at radius 1 is 0.962 bits per heavy atom. The van der Waals surface area contributed by atoms with Gasteiger partial charge in [0, 0.05) is 0 Å². The Labute approximate surface area is 149 Å². The summed E-state index contributed by atoms with van der Waals surface area (Å²) in [5, 5.41) is 2.14. The van der Waals surface area contributed by atoms with Crippen LogP contribution in [-0.4, -0.2) is 22.7 Å². The van der Waals surface area contributed by atoms with Gasteiger partial charge in [-0.25, -0.2) is 9.18 Å². The Balaban J connectivity index is 1.79. The molecule has 5 nitrogen and oxygen atoms in total. The molecule has 1 fully saturated rings. The predicted molar refractivity (Wildman–Crippen MR) is 94.0 cm³/mol. The van der Waals surface area contributed by atoms with Crippen LogP contribution in [0.2, 0.25) is 0 Å². The number of imide groups is 2. The van der Waals surface area contributed by atoms with Crippen LogP contribution in [0.3, 0.4) is 0 Å². The van der Waals surface area contributed by atoms with Gasteiger partial charge in [-0.1, -0.05) is 54.6 Å². The Kier molecular flexibility index (Phi) is 5.03. The Morgan fingerprint density at radius 2 is 1.65 bits per heavy atom. The summed E-state index contributed by atoms with van der Waals surface area (Å²) in [7, 11) is 0. The summed E-state index contributed by atoms with van der Waals surface area (Å²) in [6.07, 6.45) is 4.69. The Morgan fingerprint density at radius 3 is 2.35 bits per heavy atom. The third-order valence-corrected chi connectivity index (χ3v) is 3.79. The van der Waals surface area contributed by atoms with E-state index in [1.54, 1.807) is 12.2 Å². The van der Waals surface area contributed by atoms with E-state index in [0.717, 1.165) is 10.5 Å². The SMILES string of the molecule is O=C1NC(=O)N(Cc2ccc(F)cc2)C(=O)C1=CC=Cc1ccccc1. The van der Waals surface area contributed by atoms with Crippen molar-refractivity contribution in [3.63, 3.8) is 0 Å². The van der Waals surface area contributed by atoms with Gasteiger partial charge in [-0.3, -0.25) is 19.8 Å². The molecule has 3 rings (SSSR count). The van der Waals surface area contributed by atoms with E-state index in [-0.39, 0.29) is 12.1 Å². The second-order valence-electron chi connectivity index (χ2n) is 5.63. The molecule has 4 amide bonds. The molecule has 1 heterocycles. The van der Waals surface area contributed by atoms with Crippen molar-refractivity contribution < 1.29 is 18.8 Å². The number of nitrogens with one attached hydrogen (secondary N) is 1. The van der Waals surface area contributed by atoms with Gasteiger partial charge in [-0.2, -0.15) is 0 Å². The molecule has 0 atom stereocenters. The zero-order valence-electron chi connectivity index (χ0n) is 13.7. The first kappa shape index (κ1) is 17.3. The van der Waals surface area contributed by atoms with E-state index in [1.807, 2.05) is 30.3 Å². The molecule has 6 heteroatoms. The monoisotopic (exact) mass is 350 g/mol. The summed E-state index contributed by atoms with van der Waals surface area (Å²) in [6, 6.07) is 14.0. The van der Waals surface area contributed by atoms with Crippen molar-refractivity contribution in [3.8, 4) is 0 Å². The molecule has 130 valence electrons. The lowest BCUT2D eigenvalue weighted by Crippen LogP contribution is -2.53. The van der Waals surface area contributed by atoms with Crippen LogP contribution in [-0.2, 0) is 16.1 Å². The van der Waals surface area contributed by atoms with E-state index in [9.17, 15) is 18.8 Å². The maximum atomic E-state index is 13.0. The molecule has 2 aromatic carbocycles. The zero-order valence-corrected chi connectivity index (χ0v) is 13.7. The highest BCUT2D eigenvalue weighted by atomic mass is 19.1. The number of barbiturate groups is 1. The lowest BCUT2D eigenvalue weighted by atomic mass is 10.1. The molecule has 0 unspecified atom stereocenters. The first-order chi connectivity index (χ1) is 12.5. The van der Waals surface area contributed by atoms with Gasteiger partial charge in [-0.15, -0.1) is 0 Å². The fourth-order valence-corrected chi connectivity index (χ4v) is 2.45. The summed E-state index contributed by atoms with van der Waals surface area (Å²) < 4.78 is 13.0. The van der Waals surface area contributed by atoms with Crippen molar-refractivity contribution in [3.05, 3.63) is 89.3 Å². The van der Waals surface area contributed by atoms with Crippen molar-refractivity contribution in [2.24, 2.45) is 0 Å². The second-order valence-corrected chi connectivity index (χ2v) is 5.63. The van der Waals surface area contributed by atoms with Gasteiger partial charge in [0.15, 0.2) is 0 Å². The smallest absolute Gasteiger partial charge is 0.273 e. The molecule has 0 radical (unpaired) electrons. The molecule has 0 spiro atoms. The highest BCUT2D eigenvalue weighted by Gasteiger charge is 2.35. The number of amides is 4. The van der Waals surface area contributed by atoms with E-state index >= 15 is 0 Å². The maximum Gasteiger partial charge on any atom is 0.331 e. The molecular weight excluding hydrogens is 335 g/mol. The molecule has 1 saturated heterocycles. The average Bonchev–Trinajstić information content (AvgIpc) is 2.64. The van der Waals surface area contributed by atoms with Crippen molar-refractivity contribution in [2.45, 2.75) is 6.54 Å². The summed E-state index contributed by atoms with van der Waals surface area (Å²) in [4.78, 5) is 37.4. The van der Waals surface area contributed by atoms with E-state index in [0.29, 0.717) is 5.56 Å². The largest absolute Gasteiger partial charge is 0.331 e. The first-order valence-electron chi connectivity index (χ1n) is 7.89. The molecule has 0 aliphatic carbocycles. The fourth-order valence-electron chi connectivity index (χ4n) is 2.45. The van der Waals surface area contributed by atoms with Crippen molar-refractivity contribution in [1.29, 1.82) is 0 Å². The first-order valence-corrected chi connectivity index (χ1v) is 7.89. The van der Waals surface area contributed by atoms with Gasteiger partial charge >= 0.3 is 6.03 Å². The minimum absolute atomic E-state index is 0.0576. The molecule has 0 aromatic heterocycles. The molecule has 1 N–H and O–H groups in total. The summed E-state index contributed by atoms with van der Waals surface area (Å²) in [5.41, 5.74) is 1.34. The van der Waals surface area contributed by atoms with Gasteiger partial charge in [0.05, 0.1) is 6.54 Å². The minimum atomic E-state index is -0.798. The highest BCUT2D eigenvalue weighted by Crippen LogP contribution is 2.15. The molecule has 0 saturated carbocycles. The van der Waals surface area contributed by atoms with Crippen LogP contribution in [0.15, 0.2) is 72.3 Å². The Hall–Kier alpha value is -3.54. The Bertz CT molecular complexity index is 902. The molecular formula is C20H15FN2O3. The number of urea groups is 1. The molecule has 0 bridgehead atoms. The fraction of sp³-hybridized carbons (Fsp3) is 0.0500. The number of carbonyl (C=O) groups excluding carboxylic acids is 3. The highest BCUT2D eigenvalue weighted by molar-refractivity contribution is 6.28. The van der Waals surface area contributed by atoms with Gasteiger partial charge in [0.25, 0.3) is 11.8 Å². The number of carbonyl (C=O) groups is 3. The molecule has 1 aliphatic heterocycles. The number of hydrogen-bond donors (Lipinski definition) is 1. The van der Waals surface area contributed by atoms with E-state index in [2.05, 4.69) is 5.32 Å². The van der Waals surface area contributed by atoms with Crippen LogP contribution in [0.1, 0.15) is 11.1 Å². The molecule has 2 aromatic rings. The van der Waals surface area contributed by atoms with Crippen LogP contribution >= 0.6 is 0 Å². The minimum Gasteiger partial charge on any atom is -0.273 e. The van der Waals surface area contributed by atoms with Crippen molar-refractivity contribution >= 4 is 23.9 Å². The van der Waals surface area contributed by atoms with Crippen molar-refractivity contribution in [1.82, 2.24) is 10.2 Å². The number of allylic oxidation sites excluding steroid dienone is 2. The van der Waals surface area contributed by atoms with Crippen LogP contribution < -0.4 is 5.32 Å². The number of hydrogen-bond acceptors (Lipinski definition) is 3. The van der Waals surface area contributed by atoms with E-state index in [4.69, 9.17) is 0 Å². The topological polar surface area (TPSA) is 66.5 Å². The summed E-state index contributed by atoms with van der Waals surface area (Å²) >= 11 is 0. The lowest BCUT2D eigenvalue weighted by molar-refractivity contribution is -0.130. The predicted octanol–water partition coefficient (Wildman–Crippen LogP) is 3.04. The normalized spacial score (nSPS) is 16.4. The van der Waals surface area contributed by atoms with Crippen LogP contribution in [0.25, 0.3) is 6.08 Å². The molecule has 1 aliphatic rings. The average molecular weight is 350 g/mol. The third-order valence-electron chi connectivity index (χ3n) is 3.79. The van der Waals surface area contributed by atoms with Gasteiger partial charge in [0.2, 0.25) is 0 Å². The number of rotatable bonds is 4. The van der Waals surface area contributed by atoms with E-state index in [1.165, 1.54) is 30.3 Å². The number of halogens is 1. The van der Waals surface area contributed by atoms with Gasteiger partial charge in [0.1, 0.15) is 11.4 Å². The second kappa shape index (κ2) is 7.57. The molecule has 26 heavy (non-hydrogen) atoms. The lowest BCUT2D eigenvalue weighted by Gasteiger charge is -2.26. The number of nitrogens with zero attached hydrogens (tertiary/aromatic N) is 1. The summed E-state index contributed by atoms with van der Waals surface area (Å²) in [5.74, 6) is -1.85. The van der Waals surface area contributed by atoms with Gasteiger partial charge < -0.3 is 0 Å². The quantitative estimate of drug-likeness (QED) is 0.681. The third kappa shape index (κ3) is 3.92. The van der Waals surface area contributed by atoms with Crippen LogP contribution in [0.4, 0.5) is 9.18 Å². The maximum absolute atomic E-state index is 13.0. The van der Waals surface area contributed by atoms with Crippen LogP contribution in [0, 0.1) is 5.82 Å². The van der Waals surface area contributed by atoms with Gasteiger partial charge in [-0.05, 0) is 29.3 Å². The van der Waals surface area contributed by atoms with E-state index < -0.39 is 23.7 Å². The van der Waals surface area contributed by atoms with Crippen LogP contribution in [0.5, 0.6) is 0 Å².